The summed E-state index contributed by atoms with van der Waals surface area (Å²) in [7, 11) is 0. The molecule has 1 aliphatic rings. The number of amides is 2. The van der Waals surface area contributed by atoms with Gasteiger partial charge in [-0.05, 0) is 32.4 Å². The summed E-state index contributed by atoms with van der Waals surface area (Å²) in [6, 6.07) is 4.39. The van der Waals surface area contributed by atoms with E-state index < -0.39 is 10.5 Å². The lowest BCUT2D eigenvalue weighted by Crippen LogP contribution is -2.58. The molecule has 0 radical (unpaired) electrons. The Balaban J connectivity index is 2.56. The monoisotopic (exact) mass is 327 g/mol. The molecular weight excluding hydrogens is 314 g/mol. The maximum Gasteiger partial charge on any atom is 0.322 e. The molecule has 0 spiro atoms. The van der Waals surface area contributed by atoms with Crippen molar-refractivity contribution in [1.82, 2.24) is 5.32 Å². The van der Waals surface area contributed by atoms with E-state index in [0.717, 1.165) is 6.42 Å². The molecule has 0 saturated carbocycles. The van der Waals surface area contributed by atoms with E-state index in [2.05, 4.69) is 21.2 Å². The van der Waals surface area contributed by atoms with E-state index in [-0.39, 0.29) is 11.7 Å². The lowest BCUT2D eigenvalue weighted by Gasteiger charge is -2.41. The fourth-order valence-electron chi connectivity index (χ4n) is 2.21. The minimum absolute atomic E-state index is 0.0838. The molecule has 1 N–H and O–H groups in total. The van der Waals surface area contributed by atoms with Crippen LogP contribution in [0.5, 0.6) is 0 Å². The van der Waals surface area contributed by atoms with Crippen LogP contribution in [-0.2, 0) is 0 Å². The average Bonchev–Trinajstić information content (AvgIpc) is 2.29. The summed E-state index contributed by atoms with van der Waals surface area (Å²) in [5.74, 6) is 0. The minimum atomic E-state index is -0.474. The number of carbonyl (C=O) groups is 1. The Morgan fingerprint density at radius 3 is 2.74 bits per heavy atom. The molecule has 1 aromatic carbocycles. The molecule has 0 aromatic heterocycles. The lowest BCUT2D eigenvalue weighted by molar-refractivity contribution is -0.384. The Morgan fingerprint density at radius 1 is 1.47 bits per heavy atom. The zero-order valence-electron chi connectivity index (χ0n) is 10.6. The van der Waals surface area contributed by atoms with Crippen molar-refractivity contribution < 1.29 is 9.72 Å². The topological polar surface area (TPSA) is 75.5 Å². The number of nitro groups is 1. The molecule has 19 heavy (non-hydrogen) atoms. The van der Waals surface area contributed by atoms with Gasteiger partial charge in [-0.1, -0.05) is 15.9 Å². The SMILES string of the molecule is CC1(C)CCNC(=O)N1c1ccc(Br)cc1[N+](=O)[O-]. The maximum absolute atomic E-state index is 12.1. The van der Waals surface area contributed by atoms with E-state index in [1.165, 1.54) is 11.0 Å². The zero-order valence-corrected chi connectivity index (χ0v) is 12.2. The largest absolute Gasteiger partial charge is 0.338 e. The van der Waals surface area contributed by atoms with Crippen LogP contribution >= 0.6 is 15.9 Å². The third-order valence-electron chi connectivity index (χ3n) is 3.20. The number of rotatable bonds is 2. The molecule has 1 saturated heterocycles. The van der Waals surface area contributed by atoms with Crippen LogP contribution in [0.25, 0.3) is 0 Å². The van der Waals surface area contributed by atoms with Gasteiger partial charge in [-0.25, -0.2) is 4.79 Å². The molecule has 1 aliphatic heterocycles. The van der Waals surface area contributed by atoms with Gasteiger partial charge in [0, 0.05) is 22.6 Å². The first kappa shape index (κ1) is 13.8. The van der Waals surface area contributed by atoms with Crippen LogP contribution in [0.1, 0.15) is 20.3 Å². The molecule has 102 valence electrons. The van der Waals surface area contributed by atoms with Gasteiger partial charge in [-0.15, -0.1) is 0 Å². The molecule has 0 aliphatic carbocycles. The fourth-order valence-corrected chi connectivity index (χ4v) is 2.56. The highest BCUT2D eigenvalue weighted by molar-refractivity contribution is 9.10. The average molecular weight is 328 g/mol. The second-order valence-corrected chi connectivity index (χ2v) is 5.94. The van der Waals surface area contributed by atoms with Crippen LogP contribution in [0.15, 0.2) is 22.7 Å². The van der Waals surface area contributed by atoms with Gasteiger partial charge in [0.2, 0.25) is 0 Å². The van der Waals surface area contributed by atoms with Gasteiger partial charge in [0.25, 0.3) is 5.69 Å². The molecule has 2 amide bonds. The molecule has 0 bridgehead atoms. The van der Waals surface area contributed by atoms with Crippen molar-refractivity contribution in [1.29, 1.82) is 0 Å². The first-order valence-corrected chi connectivity index (χ1v) is 6.64. The number of hydrogen-bond acceptors (Lipinski definition) is 3. The standard InChI is InChI=1S/C12H14BrN3O3/c1-12(2)5-6-14-11(17)15(12)9-4-3-8(13)7-10(9)16(18)19/h3-4,7H,5-6H2,1-2H3,(H,14,17). The highest BCUT2D eigenvalue weighted by Crippen LogP contribution is 2.37. The van der Waals surface area contributed by atoms with Gasteiger partial charge in [-0.2, -0.15) is 0 Å². The summed E-state index contributed by atoms with van der Waals surface area (Å²) < 4.78 is 0.609. The van der Waals surface area contributed by atoms with Crippen molar-refractivity contribution in [3.05, 3.63) is 32.8 Å². The van der Waals surface area contributed by atoms with Crippen LogP contribution in [0.4, 0.5) is 16.2 Å². The third kappa shape index (κ3) is 2.56. The minimum Gasteiger partial charge on any atom is -0.338 e. The Bertz CT molecular complexity index is 545. The molecule has 1 fully saturated rings. The number of anilines is 1. The molecule has 1 aromatic rings. The lowest BCUT2D eigenvalue weighted by atomic mass is 9.95. The van der Waals surface area contributed by atoms with E-state index in [0.29, 0.717) is 16.7 Å². The number of carbonyl (C=O) groups excluding carboxylic acids is 1. The third-order valence-corrected chi connectivity index (χ3v) is 3.69. The van der Waals surface area contributed by atoms with E-state index in [1.54, 1.807) is 12.1 Å². The Kier molecular flexibility index (Phi) is 3.49. The van der Waals surface area contributed by atoms with Crippen LogP contribution < -0.4 is 10.2 Å². The summed E-state index contributed by atoms with van der Waals surface area (Å²) >= 11 is 3.21. The van der Waals surface area contributed by atoms with Crippen molar-refractivity contribution in [3.63, 3.8) is 0 Å². The number of hydrogen-bond donors (Lipinski definition) is 1. The summed E-state index contributed by atoms with van der Waals surface area (Å²) in [5.41, 5.74) is -0.226. The molecule has 0 unspecified atom stereocenters. The van der Waals surface area contributed by atoms with Gasteiger partial charge < -0.3 is 5.32 Å². The fraction of sp³-hybridized carbons (Fsp3) is 0.417. The second kappa shape index (κ2) is 4.80. The van der Waals surface area contributed by atoms with Crippen molar-refractivity contribution in [2.24, 2.45) is 0 Å². The summed E-state index contributed by atoms with van der Waals surface area (Å²) in [4.78, 5) is 24.2. The molecule has 2 rings (SSSR count). The van der Waals surface area contributed by atoms with E-state index in [1.807, 2.05) is 13.8 Å². The van der Waals surface area contributed by atoms with E-state index >= 15 is 0 Å². The smallest absolute Gasteiger partial charge is 0.322 e. The number of halogens is 1. The van der Waals surface area contributed by atoms with Crippen LogP contribution in [-0.4, -0.2) is 23.0 Å². The van der Waals surface area contributed by atoms with Crippen LogP contribution in [0.2, 0.25) is 0 Å². The highest BCUT2D eigenvalue weighted by atomic mass is 79.9. The Hall–Kier alpha value is -1.63. The van der Waals surface area contributed by atoms with Crippen molar-refractivity contribution in [2.75, 3.05) is 11.4 Å². The predicted octanol–water partition coefficient (Wildman–Crippen LogP) is 3.06. The van der Waals surface area contributed by atoms with Crippen molar-refractivity contribution in [2.45, 2.75) is 25.8 Å². The van der Waals surface area contributed by atoms with Crippen LogP contribution in [0.3, 0.4) is 0 Å². The number of nitrogens with one attached hydrogen (secondary N) is 1. The van der Waals surface area contributed by atoms with Gasteiger partial charge in [0.05, 0.1) is 4.92 Å². The summed E-state index contributed by atoms with van der Waals surface area (Å²) in [6.07, 6.45) is 0.728. The quantitative estimate of drug-likeness (QED) is 0.670. The Morgan fingerprint density at radius 2 is 2.16 bits per heavy atom. The van der Waals surface area contributed by atoms with Gasteiger partial charge in [0.15, 0.2) is 0 Å². The number of urea groups is 1. The molecule has 6 nitrogen and oxygen atoms in total. The van der Waals surface area contributed by atoms with E-state index in [4.69, 9.17) is 0 Å². The molecular formula is C12H14BrN3O3. The molecule has 1 heterocycles. The predicted molar refractivity (Wildman–Crippen MR) is 75.4 cm³/mol. The van der Waals surface area contributed by atoms with Crippen molar-refractivity contribution >= 4 is 33.3 Å². The summed E-state index contributed by atoms with van der Waals surface area (Å²) in [6.45, 7) is 4.38. The maximum atomic E-state index is 12.1. The number of nitrogens with zero attached hydrogens (tertiary/aromatic N) is 2. The first-order valence-electron chi connectivity index (χ1n) is 5.85. The normalized spacial score (nSPS) is 18.1. The number of benzene rings is 1. The zero-order chi connectivity index (χ0) is 14.2. The van der Waals surface area contributed by atoms with E-state index in [9.17, 15) is 14.9 Å². The van der Waals surface area contributed by atoms with Gasteiger partial charge in [0.1, 0.15) is 5.69 Å². The van der Waals surface area contributed by atoms with Gasteiger partial charge in [-0.3, -0.25) is 15.0 Å². The number of nitro benzene ring substituents is 1. The second-order valence-electron chi connectivity index (χ2n) is 5.02. The first-order chi connectivity index (χ1) is 8.83. The van der Waals surface area contributed by atoms with Crippen LogP contribution in [0, 0.1) is 10.1 Å². The summed E-state index contributed by atoms with van der Waals surface area (Å²) in [5, 5.41) is 13.9. The molecule has 7 heteroatoms. The molecule has 0 atom stereocenters. The Labute approximate surface area is 119 Å². The van der Waals surface area contributed by atoms with Gasteiger partial charge >= 0.3 is 6.03 Å². The van der Waals surface area contributed by atoms with Crippen molar-refractivity contribution in [3.8, 4) is 0 Å². The highest BCUT2D eigenvalue weighted by Gasteiger charge is 2.38.